The lowest BCUT2D eigenvalue weighted by Gasteiger charge is -2.14. The normalized spacial score (nSPS) is 12.7. The van der Waals surface area contributed by atoms with Crippen LogP contribution in [-0.2, 0) is 6.42 Å². The molecule has 2 N–H and O–H groups in total. The Morgan fingerprint density at radius 3 is 2.95 bits per heavy atom. The molecule has 1 atom stereocenters. The number of furan rings is 1. The van der Waals surface area contributed by atoms with Crippen molar-refractivity contribution in [3.63, 3.8) is 0 Å². The third-order valence-corrected chi connectivity index (χ3v) is 3.44. The fraction of sp³-hybridized carbons (Fsp3) is 0.267. The van der Waals surface area contributed by atoms with E-state index in [0.717, 1.165) is 29.0 Å². The maximum Gasteiger partial charge on any atom is 0.201 e. The van der Waals surface area contributed by atoms with E-state index in [4.69, 9.17) is 14.9 Å². The molecule has 0 radical (unpaired) electrons. The molecule has 0 aliphatic rings. The summed E-state index contributed by atoms with van der Waals surface area (Å²) in [4.78, 5) is 4.40. The van der Waals surface area contributed by atoms with Crippen LogP contribution in [0, 0.1) is 0 Å². The summed E-state index contributed by atoms with van der Waals surface area (Å²) in [6.07, 6.45) is 2.46. The van der Waals surface area contributed by atoms with Gasteiger partial charge in [0.1, 0.15) is 11.5 Å². The molecule has 5 nitrogen and oxygen atoms in total. The Bertz CT molecular complexity index is 716. The largest absolute Gasteiger partial charge is 0.497 e. The number of nitrogen functional groups attached to an aromatic ring is 1. The van der Waals surface area contributed by atoms with Gasteiger partial charge in [-0.2, -0.15) is 0 Å². The molecular formula is C15H17N3O2. The predicted octanol–water partition coefficient (Wildman–Crippen LogP) is 3.02. The molecule has 5 heteroatoms. The minimum Gasteiger partial charge on any atom is -0.497 e. The highest BCUT2D eigenvalue weighted by atomic mass is 16.5. The lowest BCUT2D eigenvalue weighted by Crippen LogP contribution is -2.11. The summed E-state index contributed by atoms with van der Waals surface area (Å²) in [6, 6.07) is 9.81. The molecule has 20 heavy (non-hydrogen) atoms. The van der Waals surface area contributed by atoms with Gasteiger partial charge in [-0.15, -0.1) is 0 Å². The fourth-order valence-corrected chi connectivity index (χ4v) is 2.50. The molecule has 1 aromatic carbocycles. The smallest absolute Gasteiger partial charge is 0.201 e. The Morgan fingerprint density at radius 2 is 2.25 bits per heavy atom. The molecule has 0 aliphatic carbocycles. The van der Waals surface area contributed by atoms with E-state index < -0.39 is 0 Å². The van der Waals surface area contributed by atoms with E-state index in [9.17, 15) is 0 Å². The second-order valence-electron chi connectivity index (χ2n) is 4.83. The van der Waals surface area contributed by atoms with Crippen molar-refractivity contribution in [2.45, 2.75) is 19.4 Å². The van der Waals surface area contributed by atoms with Crippen molar-refractivity contribution in [1.29, 1.82) is 0 Å². The predicted molar refractivity (Wildman–Crippen MR) is 77.8 cm³/mol. The van der Waals surface area contributed by atoms with Gasteiger partial charge in [-0.1, -0.05) is 0 Å². The number of nitrogens with zero attached hydrogens (tertiary/aromatic N) is 2. The van der Waals surface area contributed by atoms with Crippen LogP contribution in [0.5, 0.6) is 5.75 Å². The second kappa shape index (κ2) is 4.92. The van der Waals surface area contributed by atoms with Gasteiger partial charge in [0.15, 0.2) is 0 Å². The zero-order chi connectivity index (χ0) is 14.1. The molecular weight excluding hydrogens is 254 g/mol. The standard InChI is InChI=1S/C15H17N3O2/c1-10(8-12-4-3-7-20-12)18-14-6-5-11(19-2)9-13(14)17-15(18)16/h3-7,9-10H,8H2,1-2H3,(H2,16,17). The number of aromatic nitrogens is 2. The molecule has 0 saturated carbocycles. The maximum atomic E-state index is 6.06. The molecule has 1 unspecified atom stereocenters. The number of methoxy groups -OCH3 is 1. The summed E-state index contributed by atoms with van der Waals surface area (Å²) in [6.45, 7) is 2.10. The number of fused-ring (bicyclic) bond motifs is 1. The molecule has 0 fully saturated rings. The number of ether oxygens (including phenoxy) is 1. The number of anilines is 1. The van der Waals surface area contributed by atoms with Crippen LogP contribution >= 0.6 is 0 Å². The number of imidazole rings is 1. The van der Waals surface area contributed by atoms with Gasteiger partial charge in [0.25, 0.3) is 0 Å². The monoisotopic (exact) mass is 271 g/mol. The van der Waals surface area contributed by atoms with Crippen LogP contribution in [0.25, 0.3) is 11.0 Å². The summed E-state index contributed by atoms with van der Waals surface area (Å²) in [5.74, 6) is 2.22. The number of hydrogen-bond acceptors (Lipinski definition) is 4. The molecule has 2 heterocycles. The summed E-state index contributed by atoms with van der Waals surface area (Å²) in [5.41, 5.74) is 7.90. The maximum absolute atomic E-state index is 6.06. The number of nitrogens with two attached hydrogens (primary N) is 1. The van der Waals surface area contributed by atoms with E-state index in [0.29, 0.717) is 5.95 Å². The molecule has 2 aromatic heterocycles. The Kier molecular flexibility index (Phi) is 3.10. The van der Waals surface area contributed by atoms with Crippen LogP contribution in [0.1, 0.15) is 18.7 Å². The SMILES string of the molecule is COc1ccc2c(c1)nc(N)n2C(C)Cc1ccco1. The van der Waals surface area contributed by atoms with Gasteiger partial charge in [-0.25, -0.2) is 4.98 Å². The van der Waals surface area contributed by atoms with E-state index in [1.54, 1.807) is 13.4 Å². The lowest BCUT2D eigenvalue weighted by molar-refractivity contribution is 0.415. The second-order valence-corrected chi connectivity index (χ2v) is 4.83. The van der Waals surface area contributed by atoms with Gasteiger partial charge in [0.05, 0.1) is 24.4 Å². The molecule has 0 bridgehead atoms. The first-order valence-corrected chi connectivity index (χ1v) is 6.53. The Morgan fingerprint density at radius 1 is 1.40 bits per heavy atom. The highest BCUT2D eigenvalue weighted by Crippen LogP contribution is 2.27. The topological polar surface area (TPSA) is 66.2 Å². The first-order chi connectivity index (χ1) is 9.69. The third-order valence-electron chi connectivity index (χ3n) is 3.44. The first kappa shape index (κ1) is 12.6. The fourth-order valence-electron chi connectivity index (χ4n) is 2.50. The minimum absolute atomic E-state index is 0.166. The van der Waals surface area contributed by atoms with Crippen molar-refractivity contribution >= 4 is 17.0 Å². The number of rotatable bonds is 4. The minimum atomic E-state index is 0.166. The Hall–Kier alpha value is -2.43. The van der Waals surface area contributed by atoms with Gasteiger partial charge in [-0.3, -0.25) is 0 Å². The van der Waals surface area contributed by atoms with Crippen LogP contribution in [0.4, 0.5) is 5.95 Å². The van der Waals surface area contributed by atoms with Gasteiger partial charge in [0, 0.05) is 18.5 Å². The molecule has 0 saturated heterocycles. The van der Waals surface area contributed by atoms with Crippen molar-refractivity contribution in [2.75, 3.05) is 12.8 Å². The Labute approximate surface area is 117 Å². The van der Waals surface area contributed by atoms with Gasteiger partial charge < -0.3 is 19.5 Å². The van der Waals surface area contributed by atoms with Crippen LogP contribution in [0.3, 0.4) is 0 Å². The van der Waals surface area contributed by atoms with Crippen molar-refractivity contribution in [2.24, 2.45) is 0 Å². The highest BCUT2D eigenvalue weighted by Gasteiger charge is 2.15. The van der Waals surface area contributed by atoms with E-state index in [1.807, 2.05) is 34.9 Å². The van der Waals surface area contributed by atoms with Crippen LogP contribution < -0.4 is 10.5 Å². The van der Waals surface area contributed by atoms with Crippen molar-refractivity contribution in [3.8, 4) is 5.75 Å². The number of hydrogen-bond donors (Lipinski definition) is 1. The van der Waals surface area contributed by atoms with Crippen LogP contribution in [-0.4, -0.2) is 16.7 Å². The average Bonchev–Trinajstić information content (AvgIpc) is 3.03. The van der Waals surface area contributed by atoms with Gasteiger partial charge in [-0.05, 0) is 31.2 Å². The summed E-state index contributed by atoms with van der Waals surface area (Å²) >= 11 is 0. The zero-order valence-corrected chi connectivity index (χ0v) is 11.5. The quantitative estimate of drug-likeness (QED) is 0.792. The summed E-state index contributed by atoms with van der Waals surface area (Å²) < 4.78 is 12.6. The summed E-state index contributed by atoms with van der Waals surface area (Å²) in [7, 11) is 1.64. The molecule has 104 valence electrons. The molecule has 3 aromatic rings. The average molecular weight is 271 g/mol. The van der Waals surface area contributed by atoms with Crippen LogP contribution in [0.15, 0.2) is 41.0 Å². The molecule has 3 rings (SSSR count). The molecule has 0 amide bonds. The molecule has 0 spiro atoms. The van der Waals surface area contributed by atoms with Crippen LogP contribution in [0.2, 0.25) is 0 Å². The van der Waals surface area contributed by atoms with Crippen molar-refractivity contribution in [3.05, 3.63) is 42.4 Å². The first-order valence-electron chi connectivity index (χ1n) is 6.53. The highest BCUT2D eigenvalue weighted by molar-refractivity contribution is 5.80. The van der Waals surface area contributed by atoms with Gasteiger partial charge >= 0.3 is 0 Å². The van der Waals surface area contributed by atoms with E-state index in [-0.39, 0.29) is 6.04 Å². The van der Waals surface area contributed by atoms with Crippen molar-refractivity contribution in [1.82, 2.24) is 9.55 Å². The third kappa shape index (κ3) is 2.11. The van der Waals surface area contributed by atoms with E-state index in [1.165, 1.54) is 0 Å². The molecule has 0 aliphatic heterocycles. The van der Waals surface area contributed by atoms with Gasteiger partial charge in [0.2, 0.25) is 5.95 Å². The Balaban J connectivity index is 2.00. The number of benzene rings is 1. The van der Waals surface area contributed by atoms with Crippen molar-refractivity contribution < 1.29 is 9.15 Å². The zero-order valence-electron chi connectivity index (χ0n) is 11.5. The summed E-state index contributed by atoms with van der Waals surface area (Å²) in [5, 5.41) is 0. The van der Waals surface area contributed by atoms with E-state index >= 15 is 0 Å². The lowest BCUT2D eigenvalue weighted by atomic mass is 10.2. The van der Waals surface area contributed by atoms with E-state index in [2.05, 4.69) is 11.9 Å².